The molecular formula is CH3MoNaO3. The molecule has 0 atom stereocenters. The Labute approximate surface area is 72.8 Å². The van der Waals surface area contributed by atoms with Crippen molar-refractivity contribution in [1.29, 1.82) is 0 Å². The van der Waals surface area contributed by atoms with Gasteiger partial charge in [0.25, 0.3) is 0 Å². The van der Waals surface area contributed by atoms with E-state index in [-0.39, 0.29) is 52.0 Å². The molecule has 0 aromatic carbocycles. The first-order valence-electron chi connectivity index (χ1n) is 0.651. The summed E-state index contributed by atoms with van der Waals surface area (Å²) in [6.45, 7) is 0. The number of carboxylic acid groups (broad SMARTS) is 2. The normalized spacial score (nSPS) is 4.00. The van der Waals surface area contributed by atoms with Gasteiger partial charge in [0.1, 0.15) is 0 Å². The fraction of sp³-hybridized carbons (Fsp3) is 0. The van der Waals surface area contributed by atoms with Crippen LogP contribution in [0.4, 0.5) is 4.79 Å². The minimum atomic E-state index is -1.83. The molecule has 0 fully saturated rings. The van der Waals surface area contributed by atoms with Crippen molar-refractivity contribution >= 4 is 6.16 Å². The van der Waals surface area contributed by atoms with Gasteiger partial charge >= 0.3 is 35.7 Å². The van der Waals surface area contributed by atoms with Crippen LogP contribution in [0.5, 0.6) is 0 Å². The average Bonchev–Trinajstić information content (AvgIpc) is 0.811. The van der Waals surface area contributed by atoms with Crippen LogP contribution in [0.2, 0.25) is 0 Å². The quantitative estimate of drug-likeness (QED) is 0.402. The van der Waals surface area contributed by atoms with E-state index in [1.807, 2.05) is 0 Å². The molecular weight excluding hydrogens is 179 g/mol. The molecule has 0 aliphatic rings. The van der Waals surface area contributed by atoms with Gasteiger partial charge in [-0.25, -0.2) is 4.79 Å². The maximum atomic E-state index is 8.56. The topological polar surface area (TPSA) is 57.5 Å². The van der Waals surface area contributed by atoms with Crippen LogP contribution < -0.4 is 29.6 Å². The summed E-state index contributed by atoms with van der Waals surface area (Å²) in [5.41, 5.74) is 0. The predicted octanol–water partition coefficient (Wildman–Crippen LogP) is -2.66. The van der Waals surface area contributed by atoms with Crippen LogP contribution in [0.3, 0.4) is 0 Å². The molecule has 3 nitrogen and oxygen atoms in total. The zero-order chi connectivity index (χ0) is 3.58. The Morgan fingerprint density at radius 3 is 1.50 bits per heavy atom. The second-order valence-electron chi connectivity index (χ2n) is 0.283. The van der Waals surface area contributed by atoms with Gasteiger partial charge in [-0.2, -0.15) is 0 Å². The first kappa shape index (κ1) is 15.8. The fourth-order valence-corrected chi connectivity index (χ4v) is 0. The van der Waals surface area contributed by atoms with E-state index in [1.54, 1.807) is 0 Å². The number of hydrogen-bond donors (Lipinski definition) is 2. The van der Waals surface area contributed by atoms with Crippen molar-refractivity contribution in [2.24, 2.45) is 0 Å². The number of hydrogen-bond acceptors (Lipinski definition) is 1. The molecule has 0 bridgehead atoms. The minimum Gasteiger partial charge on any atom is -1.00 e. The van der Waals surface area contributed by atoms with Gasteiger partial charge in [-0.1, -0.05) is 0 Å². The van der Waals surface area contributed by atoms with Gasteiger partial charge in [-0.3, -0.25) is 0 Å². The molecule has 0 amide bonds. The van der Waals surface area contributed by atoms with Gasteiger partial charge in [0.15, 0.2) is 0 Å². The van der Waals surface area contributed by atoms with Gasteiger partial charge in [-0.15, -0.1) is 0 Å². The van der Waals surface area contributed by atoms with Gasteiger partial charge in [0.2, 0.25) is 0 Å². The molecule has 6 heavy (non-hydrogen) atoms. The zero-order valence-corrected chi connectivity index (χ0v) is 7.22. The van der Waals surface area contributed by atoms with Gasteiger partial charge in [0.05, 0.1) is 0 Å². The predicted molar refractivity (Wildman–Crippen MR) is 11.8 cm³/mol. The summed E-state index contributed by atoms with van der Waals surface area (Å²) in [5, 5.41) is 13.9. The molecule has 32 valence electrons. The summed E-state index contributed by atoms with van der Waals surface area (Å²) in [6.07, 6.45) is -1.83. The van der Waals surface area contributed by atoms with E-state index in [0.29, 0.717) is 0 Å². The van der Waals surface area contributed by atoms with E-state index in [0.717, 1.165) is 0 Å². The largest absolute Gasteiger partial charge is 1.00 e. The molecule has 0 unspecified atom stereocenters. The van der Waals surface area contributed by atoms with Crippen molar-refractivity contribution < 1.29 is 67.1 Å². The monoisotopic (exact) mass is 184 g/mol. The van der Waals surface area contributed by atoms with E-state index in [4.69, 9.17) is 15.0 Å². The average molecular weight is 182 g/mol. The van der Waals surface area contributed by atoms with E-state index in [1.165, 1.54) is 0 Å². The molecule has 0 radical (unpaired) electrons. The molecule has 0 aliphatic carbocycles. The van der Waals surface area contributed by atoms with E-state index in [9.17, 15) is 0 Å². The summed E-state index contributed by atoms with van der Waals surface area (Å²) < 4.78 is 0. The minimum absolute atomic E-state index is 0. The first-order valence-corrected chi connectivity index (χ1v) is 0.651. The van der Waals surface area contributed by atoms with Crippen LogP contribution in [0, 0.1) is 0 Å². The van der Waals surface area contributed by atoms with Crippen molar-refractivity contribution in [1.82, 2.24) is 0 Å². The summed E-state index contributed by atoms with van der Waals surface area (Å²) >= 11 is 0. The van der Waals surface area contributed by atoms with Crippen molar-refractivity contribution in [2.45, 2.75) is 0 Å². The maximum absolute atomic E-state index is 8.56. The third-order valence-electron chi connectivity index (χ3n) is 0. The second kappa shape index (κ2) is 9.35. The Morgan fingerprint density at radius 1 is 1.50 bits per heavy atom. The first-order chi connectivity index (χ1) is 1.73. The van der Waals surface area contributed by atoms with Crippen molar-refractivity contribution in [3.63, 3.8) is 0 Å². The van der Waals surface area contributed by atoms with Crippen LogP contribution in [0.1, 0.15) is 1.43 Å². The third kappa shape index (κ3) is 84.6. The van der Waals surface area contributed by atoms with Gasteiger partial charge in [-0.05, 0) is 0 Å². The smallest absolute Gasteiger partial charge is 1.00 e. The summed E-state index contributed by atoms with van der Waals surface area (Å²) in [6, 6.07) is 0. The van der Waals surface area contributed by atoms with Crippen LogP contribution in [0.15, 0.2) is 0 Å². The third-order valence-corrected chi connectivity index (χ3v) is 0. The second-order valence-corrected chi connectivity index (χ2v) is 0.283. The van der Waals surface area contributed by atoms with E-state index in [2.05, 4.69) is 0 Å². The van der Waals surface area contributed by atoms with Crippen molar-refractivity contribution in [3.8, 4) is 0 Å². The molecule has 0 aliphatic heterocycles. The Kier molecular flexibility index (Phi) is 24.6. The van der Waals surface area contributed by atoms with Crippen molar-refractivity contribution in [3.05, 3.63) is 0 Å². The Bertz CT molecular complexity index is 37.9. The molecule has 5 heteroatoms. The SMILES string of the molecule is O=C(O)O.[H-].[Mo].[Na+]. The van der Waals surface area contributed by atoms with Crippen LogP contribution in [0.25, 0.3) is 0 Å². The summed E-state index contributed by atoms with van der Waals surface area (Å²) in [7, 11) is 0. The molecule has 0 aromatic rings. The number of carbonyl (C=O) groups is 1. The Hall–Kier alpha value is 0.958. The number of rotatable bonds is 0. The van der Waals surface area contributed by atoms with Crippen molar-refractivity contribution in [2.75, 3.05) is 0 Å². The zero-order valence-electron chi connectivity index (χ0n) is 4.21. The molecule has 0 heterocycles. The molecule has 2 N–H and O–H groups in total. The molecule has 0 aromatic heterocycles. The molecule has 0 spiro atoms. The van der Waals surface area contributed by atoms with Gasteiger partial charge in [0, 0.05) is 21.1 Å². The Balaban J connectivity index is -0.0000000150. The molecule has 0 saturated carbocycles. The molecule has 0 saturated heterocycles. The summed E-state index contributed by atoms with van der Waals surface area (Å²) in [5.74, 6) is 0. The van der Waals surface area contributed by atoms with Gasteiger partial charge < -0.3 is 11.6 Å². The van der Waals surface area contributed by atoms with E-state index < -0.39 is 6.16 Å². The van der Waals surface area contributed by atoms with Crippen LogP contribution in [-0.2, 0) is 21.1 Å². The Morgan fingerprint density at radius 2 is 1.50 bits per heavy atom. The molecule has 0 rings (SSSR count). The van der Waals surface area contributed by atoms with Crippen LogP contribution >= 0.6 is 0 Å². The van der Waals surface area contributed by atoms with Crippen LogP contribution in [-0.4, -0.2) is 16.4 Å². The fourth-order valence-electron chi connectivity index (χ4n) is 0. The maximum Gasteiger partial charge on any atom is 1.00 e. The standard InChI is InChI=1S/CH2O3.Mo.Na.H/c2-1(3)4;;;/h(H2,2,3,4);;;/q;;+1;-1. The van der Waals surface area contributed by atoms with E-state index >= 15 is 0 Å². The summed E-state index contributed by atoms with van der Waals surface area (Å²) in [4.78, 5) is 8.56.